The van der Waals surface area contributed by atoms with Crippen LogP contribution < -0.4 is 6.15 Å². The second kappa shape index (κ2) is 17.5. The summed E-state index contributed by atoms with van der Waals surface area (Å²) in [5.41, 5.74) is 0. The second-order valence-corrected chi connectivity index (χ2v) is 6.13. The lowest BCUT2D eigenvalue weighted by molar-refractivity contribution is 0.0371. The summed E-state index contributed by atoms with van der Waals surface area (Å²) in [5, 5.41) is 0. The molecule has 4 N–H and O–H groups in total. The van der Waals surface area contributed by atoms with E-state index in [0.29, 0.717) is 0 Å². The van der Waals surface area contributed by atoms with Crippen molar-refractivity contribution in [3.8, 4) is 0 Å². The van der Waals surface area contributed by atoms with Crippen molar-refractivity contribution in [2.75, 3.05) is 32.8 Å². The van der Waals surface area contributed by atoms with Crippen LogP contribution >= 0.6 is 0 Å². The van der Waals surface area contributed by atoms with Gasteiger partial charge in [0.25, 0.3) is 0 Å². The monoisotopic (exact) mass is 360 g/mol. The number of morpholine rings is 1. The normalized spacial score (nSPS) is 15.4. The zero-order chi connectivity index (χ0) is 17.4. The number of unbranched alkanes of at least 4 members (excludes halogenated alkanes) is 9. The molecule has 0 aromatic carbocycles. The van der Waals surface area contributed by atoms with Crippen LogP contribution in [0.5, 0.6) is 0 Å². The Balaban J connectivity index is 0. The van der Waals surface area contributed by atoms with E-state index < -0.39 is 7.25 Å². The molecule has 0 aromatic rings. The first-order valence-electron chi connectivity index (χ1n) is 9.11. The van der Waals surface area contributed by atoms with Gasteiger partial charge in [-0.15, -0.1) is 0 Å². The van der Waals surface area contributed by atoms with Gasteiger partial charge in [-0.3, -0.25) is 4.90 Å². The SMILES string of the molecule is CCCCCCCCCCCCN1CCOCC1.F[B-](F)(F)F.[NH4+]. The number of nitrogens with zero attached hydrogens (tertiary/aromatic N) is 1. The fourth-order valence-electron chi connectivity index (χ4n) is 2.65. The minimum Gasteiger partial charge on any atom is -0.418 e. The summed E-state index contributed by atoms with van der Waals surface area (Å²) in [6.45, 7) is 7.76. The van der Waals surface area contributed by atoms with Gasteiger partial charge in [0.15, 0.2) is 0 Å². The fraction of sp³-hybridized carbons (Fsp3) is 1.00. The molecule has 1 saturated heterocycles. The molecule has 1 aliphatic heterocycles. The smallest absolute Gasteiger partial charge is 0.418 e. The summed E-state index contributed by atoms with van der Waals surface area (Å²) in [6, 6.07) is 0. The molecule has 1 aliphatic rings. The molecule has 0 radical (unpaired) electrons. The highest BCUT2D eigenvalue weighted by atomic mass is 19.5. The third-order valence-corrected chi connectivity index (χ3v) is 3.93. The Hall–Kier alpha value is -0.335. The second-order valence-electron chi connectivity index (χ2n) is 6.13. The van der Waals surface area contributed by atoms with Crippen molar-refractivity contribution in [3.05, 3.63) is 0 Å². The van der Waals surface area contributed by atoms with Crippen LogP contribution in [0.25, 0.3) is 0 Å². The molecule has 0 amide bonds. The summed E-state index contributed by atoms with van der Waals surface area (Å²) < 4.78 is 44.4. The van der Waals surface area contributed by atoms with Crippen molar-refractivity contribution in [1.82, 2.24) is 11.1 Å². The first-order valence-corrected chi connectivity index (χ1v) is 9.11. The predicted molar refractivity (Wildman–Crippen MR) is 95.3 cm³/mol. The topological polar surface area (TPSA) is 49.0 Å². The van der Waals surface area contributed by atoms with Gasteiger partial charge in [-0.25, -0.2) is 0 Å². The van der Waals surface area contributed by atoms with Gasteiger partial charge in [-0.05, 0) is 13.0 Å². The molecule has 0 bridgehead atoms. The third kappa shape index (κ3) is 23.9. The van der Waals surface area contributed by atoms with Gasteiger partial charge in [0.1, 0.15) is 0 Å². The van der Waals surface area contributed by atoms with Crippen molar-refractivity contribution in [3.63, 3.8) is 0 Å². The van der Waals surface area contributed by atoms with Gasteiger partial charge in [0, 0.05) is 13.1 Å². The van der Waals surface area contributed by atoms with Crippen LogP contribution in [0.15, 0.2) is 0 Å². The fourth-order valence-corrected chi connectivity index (χ4v) is 2.65. The molecule has 24 heavy (non-hydrogen) atoms. The van der Waals surface area contributed by atoms with Crippen LogP contribution in [0, 0.1) is 0 Å². The Morgan fingerprint density at radius 2 is 1.12 bits per heavy atom. The lowest BCUT2D eigenvalue weighted by Gasteiger charge is -2.26. The molecule has 1 heterocycles. The summed E-state index contributed by atoms with van der Waals surface area (Å²) >= 11 is 0. The van der Waals surface area contributed by atoms with E-state index >= 15 is 0 Å². The molecular weight excluding hydrogens is 323 g/mol. The summed E-state index contributed by atoms with van der Waals surface area (Å²) in [5.74, 6) is 0. The maximum atomic E-state index is 9.75. The van der Waals surface area contributed by atoms with Crippen LogP contribution in [0.1, 0.15) is 71.1 Å². The molecule has 0 atom stereocenters. The maximum Gasteiger partial charge on any atom is 0.673 e. The summed E-state index contributed by atoms with van der Waals surface area (Å²) in [7, 11) is -6.00. The molecule has 0 spiro atoms. The van der Waals surface area contributed by atoms with E-state index in [1.165, 1.54) is 70.8 Å². The van der Waals surface area contributed by atoms with Crippen LogP contribution in [-0.4, -0.2) is 45.0 Å². The molecule has 0 saturated carbocycles. The number of hydrogen-bond acceptors (Lipinski definition) is 2. The predicted octanol–water partition coefficient (Wildman–Crippen LogP) is 5.92. The minimum absolute atomic E-state index is 0. The van der Waals surface area contributed by atoms with Crippen molar-refractivity contribution < 1.29 is 22.0 Å². The Morgan fingerprint density at radius 1 is 0.750 bits per heavy atom. The Bertz CT molecular complexity index is 247. The van der Waals surface area contributed by atoms with Crippen molar-refractivity contribution in [2.45, 2.75) is 71.1 Å². The van der Waals surface area contributed by atoms with Crippen LogP contribution in [0.2, 0.25) is 0 Å². The van der Waals surface area contributed by atoms with E-state index in [9.17, 15) is 17.3 Å². The van der Waals surface area contributed by atoms with Crippen LogP contribution in [0.3, 0.4) is 0 Å². The largest absolute Gasteiger partial charge is 0.673 e. The van der Waals surface area contributed by atoms with Gasteiger partial charge < -0.3 is 28.2 Å². The highest BCUT2D eigenvalue weighted by Crippen LogP contribution is 2.11. The molecule has 0 aliphatic carbocycles. The van der Waals surface area contributed by atoms with E-state index in [2.05, 4.69) is 11.8 Å². The van der Waals surface area contributed by atoms with Crippen LogP contribution in [-0.2, 0) is 4.74 Å². The van der Waals surface area contributed by atoms with Gasteiger partial charge >= 0.3 is 7.25 Å². The standard InChI is InChI=1S/C16H33NO.BF4.H3N/c1-2-3-4-5-6-7-8-9-10-11-12-17-13-15-18-16-14-17;2-1(3,4)5;/h2-16H2,1H3;;1H3/q;-1;/p+1. The number of ether oxygens (including phenoxy) is 1. The third-order valence-electron chi connectivity index (χ3n) is 3.93. The number of quaternary nitrogens is 1. The van der Waals surface area contributed by atoms with Crippen LogP contribution in [0.4, 0.5) is 17.3 Å². The number of rotatable bonds is 11. The van der Waals surface area contributed by atoms with Gasteiger partial charge in [-0.1, -0.05) is 64.7 Å². The van der Waals surface area contributed by atoms with Crippen molar-refractivity contribution >= 4 is 7.25 Å². The summed E-state index contributed by atoms with van der Waals surface area (Å²) in [4.78, 5) is 2.55. The molecule has 0 unspecified atom stereocenters. The zero-order valence-electron chi connectivity index (χ0n) is 15.6. The van der Waals surface area contributed by atoms with Crippen molar-refractivity contribution in [1.29, 1.82) is 0 Å². The molecule has 3 nitrogen and oxygen atoms in total. The lowest BCUT2D eigenvalue weighted by Crippen LogP contribution is -2.36. The van der Waals surface area contributed by atoms with Gasteiger partial charge in [0.05, 0.1) is 13.2 Å². The first-order chi connectivity index (χ1) is 10.9. The van der Waals surface area contributed by atoms with E-state index in [1.807, 2.05) is 0 Å². The molecule has 1 fully saturated rings. The summed E-state index contributed by atoms with van der Waals surface area (Å²) in [6.07, 6.45) is 14.3. The molecule has 0 aromatic heterocycles. The number of halogens is 4. The van der Waals surface area contributed by atoms with E-state index in [1.54, 1.807) is 0 Å². The van der Waals surface area contributed by atoms with E-state index in [-0.39, 0.29) is 6.15 Å². The zero-order valence-corrected chi connectivity index (χ0v) is 15.6. The average Bonchev–Trinajstić information content (AvgIpc) is 2.48. The average molecular weight is 360 g/mol. The molecule has 8 heteroatoms. The minimum atomic E-state index is -6.00. The number of hydrogen-bond donors (Lipinski definition) is 1. The quantitative estimate of drug-likeness (QED) is 0.283. The Morgan fingerprint density at radius 3 is 1.54 bits per heavy atom. The van der Waals surface area contributed by atoms with Crippen molar-refractivity contribution in [2.24, 2.45) is 0 Å². The highest BCUT2D eigenvalue weighted by Gasteiger charge is 2.20. The molecule has 1 rings (SSSR count). The Labute approximate surface area is 145 Å². The van der Waals surface area contributed by atoms with E-state index in [0.717, 1.165) is 26.3 Å². The first kappa shape index (κ1) is 25.9. The molecular formula is C16H37BF4N2O. The maximum absolute atomic E-state index is 9.75. The molecule has 148 valence electrons. The Kier molecular flexibility index (Phi) is 18.9. The van der Waals surface area contributed by atoms with E-state index in [4.69, 9.17) is 4.74 Å². The van der Waals surface area contributed by atoms with Gasteiger partial charge in [-0.2, -0.15) is 0 Å². The van der Waals surface area contributed by atoms with Gasteiger partial charge in [0.2, 0.25) is 0 Å². The highest BCUT2D eigenvalue weighted by molar-refractivity contribution is 6.50. The lowest BCUT2D eigenvalue weighted by atomic mass is 10.1.